The molecular formula is C22H20N4O4. The van der Waals surface area contributed by atoms with Gasteiger partial charge in [-0.05, 0) is 31.5 Å². The van der Waals surface area contributed by atoms with E-state index in [9.17, 15) is 14.9 Å². The molecule has 1 aromatic heterocycles. The molecule has 1 aromatic carbocycles. The molecule has 0 amide bonds. The van der Waals surface area contributed by atoms with Gasteiger partial charge in [0.05, 0.1) is 54.0 Å². The number of benzene rings is 1. The van der Waals surface area contributed by atoms with Crippen LogP contribution in [0.25, 0.3) is 0 Å². The fourth-order valence-corrected chi connectivity index (χ4v) is 3.57. The van der Waals surface area contributed by atoms with Gasteiger partial charge in [0.25, 0.3) is 5.56 Å². The van der Waals surface area contributed by atoms with Crippen LogP contribution in [0.5, 0.6) is 5.75 Å². The second-order valence-corrected chi connectivity index (χ2v) is 6.80. The number of H-pyrrole nitrogens is 1. The lowest BCUT2D eigenvalue weighted by molar-refractivity contribution is -0.139. The van der Waals surface area contributed by atoms with Crippen molar-refractivity contribution in [3.8, 4) is 17.9 Å². The minimum atomic E-state index is -0.776. The third-order valence-electron chi connectivity index (χ3n) is 4.96. The van der Waals surface area contributed by atoms with Crippen LogP contribution < -0.4 is 15.6 Å². The number of aromatic nitrogens is 1. The van der Waals surface area contributed by atoms with Gasteiger partial charge < -0.3 is 19.8 Å². The number of ether oxygens (including phenoxy) is 2. The molecule has 1 aliphatic heterocycles. The summed E-state index contributed by atoms with van der Waals surface area (Å²) >= 11 is 0. The van der Waals surface area contributed by atoms with Crippen LogP contribution in [0.3, 0.4) is 0 Å². The predicted molar refractivity (Wildman–Crippen MR) is 109 cm³/mol. The quantitative estimate of drug-likeness (QED) is 0.579. The number of aryl methyl sites for hydroxylation is 1. The molecule has 2 aromatic rings. The summed E-state index contributed by atoms with van der Waals surface area (Å²) in [6, 6.07) is 8.83. The lowest BCUT2D eigenvalue weighted by Crippen LogP contribution is -2.30. The third-order valence-corrected chi connectivity index (χ3v) is 4.96. The van der Waals surface area contributed by atoms with Crippen LogP contribution >= 0.6 is 0 Å². The maximum atomic E-state index is 13.0. The van der Waals surface area contributed by atoms with Crippen molar-refractivity contribution in [2.75, 3.05) is 19.0 Å². The Morgan fingerprint density at radius 2 is 2.03 bits per heavy atom. The summed E-state index contributed by atoms with van der Waals surface area (Å²) in [7, 11) is 1.46. The van der Waals surface area contributed by atoms with Crippen LogP contribution in [0.15, 0.2) is 40.5 Å². The van der Waals surface area contributed by atoms with Crippen LogP contribution in [0.4, 0.5) is 5.69 Å². The topological polar surface area (TPSA) is 128 Å². The van der Waals surface area contributed by atoms with Crippen LogP contribution in [-0.4, -0.2) is 24.7 Å². The number of anilines is 1. The Balaban J connectivity index is 2.26. The number of hydrogen-bond acceptors (Lipinski definition) is 7. The maximum Gasteiger partial charge on any atom is 0.336 e. The number of allylic oxidation sites excluding steroid dienone is 1. The van der Waals surface area contributed by atoms with E-state index in [1.165, 1.54) is 7.11 Å². The summed E-state index contributed by atoms with van der Waals surface area (Å²) in [5, 5.41) is 21.1. The molecule has 3 rings (SSSR count). The van der Waals surface area contributed by atoms with Gasteiger partial charge >= 0.3 is 5.97 Å². The molecule has 8 nitrogen and oxygen atoms in total. The minimum absolute atomic E-state index is 0.0552. The second-order valence-electron chi connectivity index (χ2n) is 6.80. The lowest BCUT2D eigenvalue weighted by Gasteiger charge is -2.31. The van der Waals surface area contributed by atoms with Gasteiger partial charge in [-0.15, -0.1) is 0 Å². The van der Waals surface area contributed by atoms with Crippen molar-refractivity contribution in [1.82, 2.24) is 4.98 Å². The Labute approximate surface area is 173 Å². The van der Waals surface area contributed by atoms with Crippen molar-refractivity contribution < 1.29 is 14.3 Å². The first-order chi connectivity index (χ1) is 14.4. The average molecular weight is 404 g/mol. The molecule has 0 bridgehead atoms. The van der Waals surface area contributed by atoms with Crippen LogP contribution in [-0.2, 0) is 9.53 Å². The van der Waals surface area contributed by atoms with Gasteiger partial charge in [0.2, 0.25) is 0 Å². The summed E-state index contributed by atoms with van der Waals surface area (Å²) in [4.78, 5) is 28.5. The average Bonchev–Trinajstić information content (AvgIpc) is 2.75. The van der Waals surface area contributed by atoms with Crippen molar-refractivity contribution in [1.29, 1.82) is 10.5 Å². The Morgan fingerprint density at radius 1 is 1.27 bits per heavy atom. The zero-order valence-corrected chi connectivity index (χ0v) is 16.8. The Bertz CT molecular complexity index is 1180. The van der Waals surface area contributed by atoms with E-state index >= 15 is 0 Å². The highest BCUT2D eigenvalue weighted by Crippen LogP contribution is 2.44. The zero-order chi connectivity index (χ0) is 21.8. The van der Waals surface area contributed by atoms with Crippen molar-refractivity contribution in [2.45, 2.75) is 26.2 Å². The van der Waals surface area contributed by atoms with Crippen molar-refractivity contribution in [3.63, 3.8) is 0 Å². The summed E-state index contributed by atoms with van der Waals surface area (Å²) in [5.41, 5.74) is 3.16. The smallest absolute Gasteiger partial charge is 0.336 e. The first kappa shape index (κ1) is 20.7. The number of rotatable bonds is 5. The molecule has 0 fully saturated rings. The molecule has 8 heteroatoms. The number of fused-ring (bicyclic) bond motifs is 1. The van der Waals surface area contributed by atoms with Crippen LogP contribution in [0.2, 0.25) is 0 Å². The number of methoxy groups -OCH3 is 1. The monoisotopic (exact) mass is 404 g/mol. The number of nitrogens with one attached hydrogen (secondary N) is 2. The van der Waals surface area contributed by atoms with Gasteiger partial charge in [0, 0.05) is 17.5 Å². The van der Waals surface area contributed by atoms with Crippen molar-refractivity contribution in [3.05, 3.63) is 68.3 Å². The largest absolute Gasteiger partial charge is 0.496 e. The fraction of sp³-hybridized carbons (Fsp3) is 0.273. The minimum Gasteiger partial charge on any atom is -0.496 e. The number of carbonyl (C=O) groups is 1. The van der Waals surface area contributed by atoms with Gasteiger partial charge in [-0.25, -0.2) is 4.79 Å². The van der Waals surface area contributed by atoms with E-state index in [2.05, 4.69) is 16.4 Å². The van der Waals surface area contributed by atoms with Gasteiger partial charge in [-0.1, -0.05) is 6.07 Å². The summed E-state index contributed by atoms with van der Waals surface area (Å²) in [6.45, 7) is 3.52. The number of carbonyl (C=O) groups excluding carboxylic acids is 1. The Morgan fingerprint density at radius 3 is 2.70 bits per heavy atom. The van der Waals surface area contributed by atoms with E-state index < -0.39 is 11.9 Å². The Hall–Kier alpha value is -4.04. The molecule has 2 heterocycles. The predicted octanol–water partition coefficient (Wildman–Crippen LogP) is 2.85. The van der Waals surface area contributed by atoms with E-state index in [0.29, 0.717) is 33.8 Å². The highest BCUT2D eigenvalue weighted by molar-refractivity contribution is 5.95. The van der Waals surface area contributed by atoms with E-state index in [0.717, 1.165) is 5.56 Å². The van der Waals surface area contributed by atoms with Gasteiger partial charge in [0.1, 0.15) is 12.4 Å². The first-order valence-electron chi connectivity index (χ1n) is 9.25. The normalized spacial score (nSPS) is 14.8. The molecule has 152 valence electrons. The molecule has 0 radical (unpaired) electrons. The standard InChI is InChI=1S/C22H20N4O4/c1-12-11-25-21(27)19-18(15-6-5-14(10-24)9-16(15)29-3)17(13(2)26-20(12)19)22(28)30-8-4-7-23/h5-6,9,11,18,26H,4,8H2,1-3H3,(H,25,27)/t18-/m1/s1. The van der Waals surface area contributed by atoms with E-state index in [1.54, 1.807) is 31.3 Å². The van der Waals surface area contributed by atoms with Gasteiger partial charge in [-0.3, -0.25) is 4.79 Å². The van der Waals surface area contributed by atoms with Gasteiger partial charge in [-0.2, -0.15) is 10.5 Å². The number of nitriles is 2. The molecule has 30 heavy (non-hydrogen) atoms. The van der Waals surface area contributed by atoms with Gasteiger partial charge in [0.15, 0.2) is 0 Å². The third kappa shape index (κ3) is 3.63. The van der Waals surface area contributed by atoms with E-state index in [1.807, 2.05) is 13.0 Å². The highest BCUT2D eigenvalue weighted by Gasteiger charge is 2.37. The first-order valence-corrected chi connectivity index (χ1v) is 9.25. The molecule has 0 unspecified atom stereocenters. The lowest BCUT2D eigenvalue weighted by atomic mass is 9.80. The molecule has 0 saturated carbocycles. The van der Waals surface area contributed by atoms with Crippen molar-refractivity contribution in [2.24, 2.45) is 0 Å². The number of hydrogen-bond donors (Lipinski definition) is 2. The number of pyridine rings is 1. The number of esters is 1. The molecule has 0 aliphatic carbocycles. The summed E-state index contributed by atoms with van der Waals surface area (Å²) in [6.07, 6.45) is 1.66. The number of aromatic amines is 1. The molecule has 0 spiro atoms. The molecule has 1 atom stereocenters. The van der Waals surface area contributed by atoms with Crippen LogP contribution in [0.1, 0.15) is 41.5 Å². The summed E-state index contributed by atoms with van der Waals surface area (Å²) < 4.78 is 10.8. The summed E-state index contributed by atoms with van der Waals surface area (Å²) in [5.74, 6) is -1.02. The molecule has 0 saturated heterocycles. The molecular weight excluding hydrogens is 384 g/mol. The zero-order valence-electron chi connectivity index (χ0n) is 16.8. The second kappa shape index (κ2) is 8.54. The maximum absolute atomic E-state index is 13.0. The Kier molecular flexibility index (Phi) is 5.89. The SMILES string of the molecule is COc1cc(C#N)ccc1[C@@H]1C(C(=O)OCCC#N)=C(C)Nc2c(C)c[nH]c(=O)c21. The van der Waals surface area contributed by atoms with E-state index in [-0.39, 0.29) is 24.2 Å². The fourth-order valence-electron chi connectivity index (χ4n) is 3.57. The van der Waals surface area contributed by atoms with Crippen LogP contribution in [0, 0.1) is 29.6 Å². The molecule has 1 aliphatic rings. The number of nitrogens with zero attached hydrogens (tertiary/aromatic N) is 2. The highest BCUT2D eigenvalue weighted by atomic mass is 16.5. The van der Waals surface area contributed by atoms with Crippen molar-refractivity contribution >= 4 is 11.7 Å². The molecule has 2 N–H and O–H groups in total. The van der Waals surface area contributed by atoms with E-state index in [4.69, 9.17) is 14.7 Å².